The number of aliphatic carboxylic acids is 1. The third kappa shape index (κ3) is 6.97. The summed E-state index contributed by atoms with van der Waals surface area (Å²) in [7, 11) is 0. The van der Waals surface area contributed by atoms with Crippen LogP contribution in [0.4, 0.5) is 0 Å². The molecule has 12 heteroatoms. The summed E-state index contributed by atoms with van der Waals surface area (Å²) in [4.78, 5) is 75.5. The van der Waals surface area contributed by atoms with Crippen molar-refractivity contribution in [3.8, 4) is 0 Å². The Labute approximate surface area is 282 Å². The van der Waals surface area contributed by atoms with Gasteiger partial charge < -0.3 is 30.7 Å². The van der Waals surface area contributed by atoms with Crippen molar-refractivity contribution < 1.29 is 48.8 Å². The third-order valence-electron chi connectivity index (χ3n) is 12.5. The van der Waals surface area contributed by atoms with Gasteiger partial charge in [0.2, 0.25) is 17.6 Å². The first kappa shape index (κ1) is 37.7. The van der Waals surface area contributed by atoms with Crippen molar-refractivity contribution >= 4 is 35.3 Å². The van der Waals surface area contributed by atoms with E-state index < -0.39 is 65.3 Å². The minimum atomic E-state index is -1.79. The number of ether oxygens (including phenoxy) is 1. The summed E-state index contributed by atoms with van der Waals surface area (Å²) in [6.07, 6.45) is 4.52. The topological polar surface area (TPSA) is 196 Å². The number of carbonyl (C=O) groups excluding carboxylic acids is 5. The maximum absolute atomic E-state index is 13.5. The number of allylic oxidation sites excluding steroid dienone is 1. The lowest BCUT2D eigenvalue weighted by Gasteiger charge is -2.60. The van der Waals surface area contributed by atoms with E-state index in [1.54, 1.807) is 26.8 Å². The van der Waals surface area contributed by atoms with Gasteiger partial charge in [0.25, 0.3) is 0 Å². The predicted molar refractivity (Wildman–Crippen MR) is 174 cm³/mol. The highest BCUT2D eigenvalue weighted by Crippen LogP contribution is 2.67. The highest BCUT2D eigenvalue weighted by Gasteiger charge is 2.68. The highest BCUT2D eigenvalue weighted by atomic mass is 16.5. The fourth-order valence-corrected chi connectivity index (χ4v) is 9.41. The lowest BCUT2D eigenvalue weighted by molar-refractivity contribution is -0.184. The van der Waals surface area contributed by atoms with Crippen LogP contribution in [-0.4, -0.2) is 81.0 Å². The number of Topliss-reactive ketones (excluding diaryl/α,β-unsaturated/α-hetero) is 1. The van der Waals surface area contributed by atoms with E-state index in [1.165, 1.54) is 0 Å². The van der Waals surface area contributed by atoms with Crippen LogP contribution >= 0.6 is 0 Å². The summed E-state index contributed by atoms with van der Waals surface area (Å²) >= 11 is 0. The second-order valence-corrected chi connectivity index (χ2v) is 15.6. The van der Waals surface area contributed by atoms with E-state index in [0.29, 0.717) is 25.7 Å². The number of carboxylic acid groups (broad SMARTS) is 1. The Balaban J connectivity index is 1.32. The number of aliphatic hydroxyl groups is 2. The normalized spacial score (nSPS) is 34.4. The van der Waals surface area contributed by atoms with Crippen LogP contribution in [0.2, 0.25) is 0 Å². The highest BCUT2D eigenvalue weighted by molar-refractivity contribution is 5.93. The van der Waals surface area contributed by atoms with Crippen molar-refractivity contribution in [3.05, 3.63) is 11.6 Å². The van der Waals surface area contributed by atoms with Gasteiger partial charge in [0.1, 0.15) is 17.7 Å². The van der Waals surface area contributed by atoms with E-state index >= 15 is 0 Å². The summed E-state index contributed by atoms with van der Waals surface area (Å²) in [5, 5.41) is 38.0. The van der Waals surface area contributed by atoms with E-state index in [2.05, 4.69) is 17.6 Å². The molecule has 0 aromatic heterocycles. The number of aliphatic hydroxyl groups excluding tert-OH is 1. The lowest BCUT2D eigenvalue weighted by atomic mass is 9.45. The molecule has 0 bridgehead atoms. The zero-order chi connectivity index (χ0) is 35.8. The van der Waals surface area contributed by atoms with Gasteiger partial charge in [-0.25, -0.2) is 4.79 Å². The lowest BCUT2D eigenvalue weighted by Crippen LogP contribution is -2.62. The fourth-order valence-electron chi connectivity index (χ4n) is 9.41. The summed E-state index contributed by atoms with van der Waals surface area (Å²) in [5.41, 5.74) is -1.90. The third-order valence-corrected chi connectivity index (χ3v) is 12.5. The van der Waals surface area contributed by atoms with Gasteiger partial charge in [-0.15, -0.1) is 0 Å². The Morgan fingerprint density at radius 2 is 1.69 bits per heavy atom. The van der Waals surface area contributed by atoms with Crippen LogP contribution < -0.4 is 10.6 Å². The first-order valence-electron chi connectivity index (χ1n) is 17.5. The number of amides is 2. The van der Waals surface area contributed by atoms with Crippen LogP contribution in [0.25, 0.3) is 0 Å². The Hall–Kier alpha value is -3.12. The van der Waals surface area contributed by atoms with Crippen molar-refractivity contribution in [2.24, 2.45) is 40.4 Å². The number of nitrogens with one attached hydrogen (secondary N) is 2. The number of esters is 1. The second kappa shape index (κ2) is 14.4. The molecule has 0 saturated heterocycles. The average molecular weight is 675 g/mol. The van der Waals surface area contributed by atoms with Crippen LogP contribution in [0.3, 0.4) is 0 Å². The van der Waals surface area contributed by atoms with Crippen LogP contribution in [0.5, 0.6) is 0 Å². The maximum Gasteiger partial charge on any atom is 0.326 e. The van der Waals surface area contributed by atoms with Gasteiger partial charge in [-0.05, 0) is 79.6 Å². The summed E-state index contributed by atoms with van der Waals surface area (Å²) < 4.78 is 5.23. The van der Waals surface area contributed by atoms with Crippen LogP contribution in [0, 0.1) is 40.4 Å². The van der Waals surface area contributed by atoms with E-state index in [9.17, 15) is 44.1 Å². The molecule has 4 aliphatic carbocycles. The Morgan fingerprint density at radius 1 is 1.00 bits per heavy atom. The zero-order valence-corrected chi connectivity index (χ0v) is 29.2. The van der Waals surface area contributed by atoms with Gasteiger partial charge in [-0.2, -0.15) is 0 Å². The van der Waals surface area contributed by atoms with E-state index in [4.69, 9.17) is 4.74 Å². The molecule has 2 amide bonds. The molecule has 4 rings (SSSR count). The molecule has 48 heavy (non-hydrogen) atoms. The van der Waals surface area contributed by atoms with E-state index in [1.807, 2.05) is 13.8 Å². The summed E-state index contributed by atoms with van der Waals surface area (Å²) in [6.45, 7) is 10.3. The molecular formula is C36H54N2O10. The summed E-state index contributed by atoms with van der Waals surface area (Å²) in [5.74, 6) is -4.42. The molecule has 3 saturated carbocycles. The molecule has 0 aromatic rings. The van der Waals surface area contributed by atoms with E-state index in [-0.39, 0.29) is 66.5 Å². The number of hydrogen-bond acceptors (Lipinski definition) is 9. The quantitative estimate of drug-likeness (QED) is 0.181. The molecule has 5 N–H and O–H groups in total. The van der Waals surface area contributed by atoms with Crippen LogP contribution in [0.15, 0.2) is 11.6 Å². The molecule has 0 spiro atoms. The fraction of sp³-hybridized carbons (Fsp3) is 0.778. The van der Waals surface area contributed by atoms with Crippen molar-refractivity contribution in [3.63, 3.8) is 0 Å². The van der Waals surface area contributed by atoms with E-state index in [0.717, 1.165) is 18.4 Å². The SMILES string of the molecule is CC[C@H](C)[C@H](NC(=O)[C@H](NC(=O)CCC(=O)OCC(=O)[C@@]1(O)CC[C@H]2[C@@H]3CCC4=CC(=O)CC[C@]4(C)[C@H]3[C@@H](O)C[C@@]21C)C(C)C)C(=O)O. The molecule has 0 aliphatic heterocycles. The van der Waals surface area contributed by atoms with Gasteiger partial charge in [-0.1, -0.05) is 53.5 Å². The minimum Gasteiger partial charge on any atom is -0.480 e. The Bertz CT molecular complexity index is 1340. The second-order valence-electron chi connectivity index (χ2n) is 15.6. The van der Waals surface area contributed by atoms with Crippen molar-refractivity contribution in [2.75, 3.05) is 6.61 Å². The number of ketones is 2. The molecule has 0 heterocycles. The number of rotatable bonds is 13. The van der Waals surface area contributed by atoms with Crippen molar-refractivity contribution in [2.45, 2.75) is 130 Å². The molecule has 268 valence electrons. The van der Waals surface area contributed by atoms with Gasteiger partial charge in [-0.3, -0.25) is 24.0 Å². The molecule has 4 aliphatic rings. The van der Waals surface area contributed by atoms with Crippen LogP contribution in [0.1, 0.15) is 106 Å². The molecule has 10 atom stereocenters. The maximum atomic E-state index is 13.5. The van der Waals surface area contributed by atoms with Crippen molar-refractivity contribution in [1.82, 2.24) is 10.6 Å². The molecule has 0 radical (unpaired) electrons. The molecule has 0 unspecified atom stereocenters. The number of carbonyl (C=O) groups is 6. The molecule has 12 nitrogen and oxygen atoms in total. The largest absolute Gasteiger partial charge is 0.480 e. The molecular weight excluding hydrogens is 620 g/mol. The smallest absolute Gasteiger partial charge is 0.326 e. The van der Waals surface area contributed by atoms with Gasteiger partial charge >= 0.3 is 11.9 Å². The first-order chi connectivity index (χ1) is 22.4. The number of carboxylic acids is 1. The summed E-state index contributed by atoms with van der Waals surface area (Å²) in [6, 6.07) is -2.13. The zero-order valence-electron chi connectivity index (χ0n) is 29.2. The van der Waals surface area contributed by atoms with Gasteiger partial charge in [0, 0.05) is 18.3 Å². The standard InChI is InChI=1S/C36H54N2O10/c1-7-20(4)31(33(45)46)38-32(44)30(19(2)3)37-27(42)10-11-28(43)48-18-26(41)36(47)15-13-24-23-9-8-21-16-22(39)12-14-34(21,5)29(23)25(40)17-35(24,36)6/h16,19-20,23-25,29-31,40,47H,7-15,17-18H2,1-6H3,(H,37,42)(H,38,44)(H,45,46)/t20-,23-,24-,25-,29+,30+,31-,34-,35-,36-/m0/s1. The van der Waals surface area contributed by atoms with Crippen molar-refractivity contribution in [1.29, 1.82) is 0 Å². The number of hydrogen-bond donors (Lipinski definition) is 5. The monoisotopic (exact) mass is 674 g/mol. The van der Waals surface area contributed by atoms with Crippen LogP contribution in [-0.2, 0) is 33.5 Å². The predicted octanol–water partition coefficient (Wildman–Crippen LogP) is 2.87. The molecule has 3 fully saturated rings. The Morgan fingerprint density at radius 3 is 2.31 bits per heavy atom. The Kier molecular flexibility index (Phi) is 11.3. The van der Waals surface area contributed by atoms with Gasteiger partial charge in [0.15, 0.2) is 12.4 Å². The first-order valence-corrected chi connectivity index (χ1v) is 17.5. The average Bonchev–Trinajstić information content (AvgIpc) is 3.29. The molecule has 0 aromatic carbocycles. The van der Waals surface area contributed by atoms with Gasteiger partial charge in [0.05, 0.1) is 12.5 Å². The minimum absolute atomic E-state index is 0.0164. The number of fused-ring (bicyclic) bond motifs is 5.